The van der Waals surface area contributed by atoms with Crippen molar-refractivity contribution in [2.75, 3.05) is 26.2 Å². The number of quaternary nitrogens is 1. The Morgan fingerprint density at radius 2 is 2.17 bits per heavy atom. The first-order valence-electron chi connectivity index (χ1n) is 6.76. The highest BCUT2D eigenvalue weighted by atomic mass is 16.7. The van der Waals surface area contributed by atoms with Crippen LogP contribution in [0.2, 0.25) is 0 Å². The summed E-state index contributed by atoms with van der Waals surface area (Å²) in [5, 5.41) is 0. The number of nitrogens with one attached hydrogen (secondary N) is 2. The molecule has 2 rings (SSSR count). The number of carbonyl (C=O) groups is 1. The molecule has 0 aromatic carbocycles. The molecule has 0 bridgehead atoms. The normalized spacial score (nSPS) is 33.6. The molecule has 0 saturated carbocycles. The lowest BCUT2D eigenvalue weighted by Gasteiger charge is -2.26. The Kier molecular flexibility index (Phi) is 4.55. The van der Waals surface area contributed by atoms with Gasteiger partial charge in [0.1, 0.15) is 12.6 Å². The van der Waals surface area contributed by atoms with E-state index in [2.05, 4.69) is 5.43 Å². The third kappa shape index (κ3) is 3.65. The molecule has 0 aromatic heterocycles. The van der Waals surface area contributed by atoms with Gasteiger partial charge >= 0.3 is 0 Å². The summed E-state index contributed by atoms with van der Waals surface area (Å²) < 4.78 is 11.5. The van der Waals surface area contributed by atoms with Crippen molar-refractivity contribution in [1.82, 2.24) is 5.43 Å². The molecule has 4 N–H and O–H groups in total. The van der Waals surface area contributed by atoms with E-state index in [4.69, 9.17) is 15.3 Å². The molecule has 2 saturated heterocycles. The monoisotopic (exact) mass is 258 g/mol. The molecule has 0 radical (unpaired) electrons. The molecule has 2 aliphatic heterocycles. The lowest BCUT2D eigenvalue weighted by Crippen LogP contribution is -3.13. The van der Waals surface area contributed by atoms with Gasteiger partial charge in [-0.1, -0.05) is 0 Å². The summed E-state index contributed by atoms with van der Waals surface area (Å²) in [5.74, 6) is 4.00. The maximum atomic E-state index is 11.3. The van der Waals surface area contributed by atoms with E-state index < -0.39 is 5.79 Å². The number of likely N-dealkylation sites (tertiary alicyclic amines) is 1. The van der Waals surface area contributed by atoms with Crippen molar-refractivity contribution >= 4 is 5.91 Å². The van der Waals surface area contributed by atoms with Gasteiger partial charge in [0.15, 0.2) is 5.79 Å². The van der Waals surface area contributed by atoms with Crippen molar-refractivity contribution in [2.24, 2.45) is 5.84 Å². The standard InChI is InChI=1S/C12H23N3O3/c1-12(7-11(16)14-13)17-9-10(18-12)8-15-5-3-2-4-6-15/h10H,2-9,13H2,1H3,(H,14,16)/p+1/t10-,12+/m0/s1. The van der Waals surface area contributed by atoms with Gasteiger partial charge in [0.2, 0.25) is 5.91 Å². The molecule has 104 valence electrons. The SMILES string of the molecule is C[C@@]1(CC(=O)NN)OC[C@H](C[NH+]2CCCCC2)O1. The van der Waals surface area contributed by atoms with Crippen LogP contribution in [0.3, 0.4) is 0 Å². The smallest absolute Gasteiger partial charge is 0.239 e. The number of hydrogen-bond donors (Lipinski definition) is 3. The van der Waals surface area contributed by atoms with Crippen LogP contribution in [0.5, 0.6) is 0 Å². The molecule has 6 heteroatoms. The molecule has 2 fully saturated rings. The van der Waals surface area contributed by atoms with Crippen LogP contribution in [0, 0.1) is 0 Å². The number of nitrogens with two attached hydrogens (primary N) is 1. The molecule has 0 spiro atoms. The van der Waals surface area contributed by atoms with Crippen molar-refractivity contribution in [3.63, 3.8) is 0 Å². The second kappa shape index (κ2) is 5.97. The first-order valence-corrected chi connectivity index (χ1v) is 6.76. The highest BCUT2D eigenvalue weighted by Gasteiger charge is 2.40. The lowest BCUT2D eigenvalue weighted by atomic mass is 10.1. The van der Waals surface area contributed by atoms with E-state index in [1.165, 1.54) is 32.4 Å². The third-order valence-electron chi connectivity index (χ3n) is 3.71. The molecule has 1 amide bonds. The number of rotatable bonds is 4. The predicted octanol–water partition coefficient (Wildman–Crippen LogP) is -1.43. The molecule has 2 aliphatic rings. The van der Waals surface area contributed by atoms with Gasteiger partial charge in [-0.2, -0.15) is 0 Å². The fourth-order valence-corrected chi connectivity index (χ4v) is 2.80. The number of ether oxygens (including phenoxy) is 2. The zero-order chi connectivity index (χ0) is 13.0. The zero-order valence-corrected chi connectivity index (χ0v) is 11.0. The van der Waals surface area contributed by atoms with Gasteiger partial charge in [-0.25, -0.2) is 5.84 Å². The Bertz CT molecular complexity index is 294. The van der Waals surface area contributed by atoms with Crippen LogP contribution in [0.1, 0.15) is 32.6 Å². The number of carbonyl (C=O) groups excluding carboxylic acids is 1. The van der Waals surface area contributed by atoms with Gasteiger partial charge in [-0.15, -0.1) is 0 Å². The molecule has 0 aromatic rings. The fourth-order valence-electron chi connectivity index (χ4n) is 2.80. The Morgan fingerprint density at radius 1 is 1.44 bits per heavy atom. The summed E-state index contributed by atoms with van der Waals surface area (Å²) in [6, 6.07) is 0. The van der Waals surface area contributed by atoms with Crippen LogP contribution in [0.15, 0.2) is 0 Å². The van der Waals surface area contributed by atoms with E-state index in [1.807, 2.05) is 0 Å². The number of amides is 1. The van der Waals surface area contributed by atoms with Gasteiger partial charge in [-0.05, 0) is 26.2 Å². The Labute approximate surface area is 108 Å². The molecular formula is C12H24N3O3+. The minimum Gasteiger partial charge on any atom is -0.347 e. The van der Waals surface area contributed by atoms with E-state index in [0.29, 0.717) is 6.61 Å². The topological polar surface area (TPSA) is 78.0 Å². The molecule has 2 atom stereocenters. The maximum Gasteiger partial charge on any atom is 0.239 e. The molecule has 6 nitrogen and oxygen atoms in total. The van der Waals surface area contributed by atoms with E-state index in [0.717, 1.165) is 6.54 Å². The van der Waals surface area contributed by atoms with Crippen LogP contribution in [0.4, 0.5) is 0 Å². The van der Waals surface area contributed by atoms with E-state index in [-0.39, 0.29) is 18.4 Å². The van der Waals surface area contributed by atoms with Gasteiger partial charge in [0, 0.05) is 0 Å². The summed E-state index contributed by atoms with van der Waals surface area (Å²) in [6.45, 7) is 5.78. The number of piperidine rings is 1. The summed E-state index contributed by atoms with van der Waals surface area (Å²) in [6.07, 6.45) is 4.19. The molecule has 0 unspecified atom stereocenters. The van der Waals surface area contributed by atoms with Crippen LogP contribution >= 0.6 is 0 Å². The second-order valence-electron chi connectivity index (χ2n) is 5.44. The average molecular weight is 258 g/mol. The zero-order valence-electron chi connectivity index (χ0n) is 11.0. The number of hydrazine groups is 1. The van der Waals surface area contributed by atoms with Gasteiger partial charge in [-0.3, -0.25) is 10.2 Å². The lowest BCUT2D eigenvalue weighted by molar-refractivity contribution is -0.907. The Hall–Kier alpha value is -0.690. The first kappa shape index (κ1) is 13.7. The minimum absolute atomic E-state index is 0.0914. The van der Waals surface area contributed by atoms with E-state index in [9.17, 15) is 4.79 Å². The van der Waals surface area contributed by atoms with Crippen molar-refractivity contribution in [2.45, 2.75) is 44.5 Å². The van der Waals surface area contributed by atoms with Crippen LogP contribution in [0.25, 0.3) is 0 Å². The summed E-state index contributed by atoms with van der Waals surface area (Å²) in [4.78, 5) is 12.9. The van der Waals surface area contributed by atoms with Crippen LogP contribution in [-0.2, 0) is 14.3 Å². The van der Waals surface area contributed by atoms with E-state index in [1.54, 1.807) is 11.8 Å². The first-order chi connectivity index (χ1) is 8.61. The van der Waals surface area contributed by atoms with Crippen molar-refractivity contribution in [1.29, 1.82) is 0 Å². The largest absolute Gasteiger partial charge is 0.347 e. The minimum atomic E-state index is -0.816. The molecule has 18 heavy (non-hydrogen) atoms. The quantitative estimate of drug-likeness (QED) is 0.328. The van der Waals surface area contributed by atoms with Crippen LogP contribution in [-0.4, -0.2) is 44.0 Å². The van der Waals surface area contributed by atoms with Gasteiger partial charge in [0.05, 0.1) is 26.1 Å². The maximum absolute atomic E-state index is 11.3. The highest BCUT2D eigenvalue weighted by Crippen LogP contribution is 2.26. The average Bonchev–Trinajstić information content (AvgIpc) is 2.71. The Morgan fingerprint density at radius 3 is 2.83 bits per heavy atom. The van der Waals surface area contributed by atoms with E-state index >= 15 is 0 Å². The Balaban J connectivity index is 1.78. The molecular weight excluding hydrogens is 234 g/mol. The third-order valence-corrected chi connectivity index (χ3v) is 3.71. The van der Waals surface area contributed by atoms with Gasteiger partial charge in [0.25, 0.3) is 0 Å². The van der Waals surface area contributed by atoms with Crippen molar-refractivity contribution < 1.29 is 19.2 Å². The van der Waals surface area contributed by atoms with Crippen molar-refractivity contribution in [3.05, 3.63) is 0 Å². The summed E-state index contributed by atoms with van der Waals surface area (Å²) in [7, 11) is 0. The molecule has 2 heterocycles. The number of hydrogen-bond acceptors (Lipinski definition) is 4. The van der Waals surface area contributed by atoms with Crippen molar-refractivity contribution in [3.8, 4) is 0 Å². The predicted molar refractivity (Wildman–Crippen MR) is 65.6 cm³/mol. The second-order valence-corrected chi connectivity index (χ2v) is 5.44. The summed E-state index contributed by atoms with van der Waals surface area (Å²) >= 11 is 0. The highest BCUT2D eigenvalue weighted by molar-refractivity contribution is 5.76. The van der Waals surface area contributed by atoms with Crippen LogP contribution < -0.4 is 16.2 Å². The fraction of sp³-hybridized carbons (Fsp3) is 0.917. The summed E-state index contributed by atoms with van der Waals surface area (Å²) in [5.41, 5.74) is 2.11. The molecule has 0 aliphatic carbocycles. The van der Waals surface area contributed by atoms with Gasteiger partial charge < -0.3 is 14.4 Å².